The van der Waals surface area contributed by atoms with Crippen molar-refractivity contribution in [2.24, 2.45) is 0 Å². The van der Waals surface area contributed by atoms with Gasteiger partial charge in [-0.25, -0.2) is 5.48 Å². The fraction of sp³-hybridized carbons (Fsp3) is 0.200. The molecule has 0 amide bonds. The molecule has 6 heteroatoms. The van der Waals surface area contributed by atoms with Gasteiger partial charge in [-0.15, -0.1) is 0 Å². The van der Waals surface area contributed by atoms with Crippen LogP contribution >= 0.6 is 6.49 Å². The highest BCUT2D eigenvalue weighted by Gasteiger charge is 2.18. The van der Waals surface area contributed by atoms with Crippen molar-refractivity contribution in [1.29, 1.82) is 0 Å². The van der Waals surface area contributed by atoms with E-state index >= 15 is 0 Å². The Bertz CT molecular complexity index is 396. The van der Waals surface area contributed by atoms with Crippen molar-refractivity contribution in [2.75, 3.05) is 6.61 Å². The van der Waals surface area contributed by atoms with E-state index in [4.69, 9.17) is 21.2 Å². The van der Waals surface area contributed by atoms with Gasteiger partial charge in [0.1, 0.15) is 0 Å². The third kappa shape index (κ3) is 3.94. The predicted molar refractivity (Wildman–Crippen MR) is 67.6 cm³/mol. The van der Waals surface area contributed by atoms with Crippen LogP contribution in [0.1, 0.15) is 6.92 Å². The van der Waals surface area contributed by atoms with Gasteiger partial charge in [-0.2, -0.15) is 0 Å². The van der Waals surface area contributed by atoms with Crippen LogP contribution < -0.4 is 10.8 Å². The summed E-state index contributed by atoms with van der Waals surface area (Å²) in [5.74, 6) is 0.108. The fourth-order valence-corrected chi connectivity index (χ4v) is 2.62. The molecule has 0 fully saturated rings. The minimum atomic E-state index is -3.05. The number of rotatable bonds is 6. The van der Waals surface area contributed by atoms with Gasteiger partial charge in [-0.3, -0.25) is 4.84 Å². The summed E-state index contributed by atoms with van der Waals surface area (Å²) in [4.78, 5) is 14.9. The van der Waals surface area contributed by atoms with Gasteiger partial charge in [0.25, 0.3) is 6.49 Å². The van der Waals surface area contributed by atoms with Crippen molar-refractivity contribution < 1.29 is 14.3 Å². The molecule has 1 unspecified atom stereocenters. The molecule has 0 bridgehead atoms. The van der Waals surface area contributed by atoms with Gasteiger partial charge < -0.3 is 9.42 Å². The van der Waals surface area contributed by atoms with Crippen molar-refractivity contribution in [2.45, 2.75) is 6.92 Å². The van der Waals surface area contributed by atoms with Crippen LogP contribution in [0.15, 0.2) is 42.8 Å². The lowest BCUT2D eigenvalue weighted by atomic mass is 10.4. The van der Waals surface area contributed by atoms with Crippen LogP contribution in [0.25, 0.3) is 0 Å². The van der Waals surface area contributed by atoms with E-state index in [1.54, 1.807) is 24.3 Å². The van der Waals surface area contributed by atoms with Crippen molar-refractivity contribution in [3.8, 4) is 0 Å². The largest absolute Gasteiger partial charge is 0.423 e. The maximum absolute atomic E-state index is 10.0. The van der Waals surface area contributed by atoms with Crippen molar-refractivity contribution in [1.82, 2.24) is 5.48 Å². The highest BCUT2D eigenvalue weighted by Crippen LogP contribution is 2.42. The molecule has 0 aliphatic rings. The molecule has 1 rings (SSSR count). The molecule has 1 aromatic carbocycles. The molecule has 2 N–H and O–H groups in total. The molecule has 1 aromatic rings. The third-order valence-corrected chi connectivity index (χ3v) is 3.92. The lowest BCUT2D eigenvalue weighted by Gasteiger charge is -2.18. The highest BCUT2D eigenvalue weighted by atomic mass is 32.5. The average Bonchev–Trinajstić information content (AvgIpc) is 2.27. The Labute approximate surface area is 100 Å². The summed E-state index contributed by atoms with van der Waals surface area (Å²) in [6, 6.07) is 8.85. The van der Waals surface area contributed by atoms with Gasteiger partial charge in [-0.1, -0.05) is 18.2 Å². The molecule has 0 heterocycles. The zero-order chi connectivity index (χ0) is 12.0. The zero-order valence-corrected chi connectivity index (χ0v) is 10.6. The molecule has 0 radical (unpaired) electrons. The highest BCUT2D eigenvalue weighted by molar-refractivity contribution is 8.13. The van der Waals surface area contributed by atoms with E-state index < -0.39 is 6.49 Å². The van der Waals surface area contributed by atoms with Gasteiger partial charge in [0.05, 0.1) is 6.61 Å². The molecule has 0 spiro atoms. The Morgan fingerprint density at radius 1 is 1.50 bits per heavy atom. The number of nitrogens with one attached hydrogen (secondary N) is 1. The van der Waals surface area contributed by atoms with E-state index in [2.05, 4.69) is 12.1 Å². The van der Waals surface area contributed by atoms with Crippen LogP contribution in [0.4, 0.5) is 0 Å². The van der Waals surface area contributed by atoms with Crippen molar-refractivity contribution >= 4 is 23.6 Å². The summed E-state index contributed by atoms with van der Waals surface area (Å²) in [5, 5.41) is 0.574. The fourth-order valence-electron chi connectivity index (χ4n) is 0.990. The molecular formula is C10H14NO3PS. The van der Waals surface area contributed by atoms with Crippen LogP contribution in [0, 0.1) is 0 Å². The van der Waals surface area contributed by atoms with E-state index in [9.17, 15) is 4.89 Å². The van der Waals surface area contributed by atoms with E-state index in [0.717, 1.165) is 0 Å². The van der Waals surface area contributed by atoms with E-state index in [0.29, 0.717) is 11.9 Å². The maximum atomic E-state index is 10.0. The van der Waals surface area contributed by atoms with Crippen LogP contribution in [0.2, 0.25) is 0 Å². The Hall–Kier alpha value is -0.870. The molecule has 0 aliphatic carbocycles. The predicted octanol–water partition coefficient (Wildman–Crippen LogP) is 1.64. The summed E-state index contributed by atoms with van der Waals surface area (Å²) in [6.07, 6.45) is 0. The van der Waals surface area contributed by atoms with E-state index in [1.165, 1.54) is 0 Å². The minimum absolute atomic E-state index is 0.108. The summed E-state index contributed by atoms with van der Waals surface area (Å²) in [5.41, 5.74) is 2.44. The molecule has 4 nitrogen and oxygen atoms in total. The topological polar surface area (TPSA) is 50.7 Å². The van der Waals surface area contributed by atoms with E-state index in [1.807, 2.05) is 13.0 Å². The molecule has 1 atom stereocenters. The van der Waals surface area contributed by atoms with Gasteiger partial charge in [0.2, 0.25) is 5.88 Å². The standard InChI is InChI=1S/C10H14NO3PS/c1-3-13-11-9(2)14-15(12,16)10-7-5-4-6-8-10/h4-8,11H,2-3H2,1H3,(H,12,16). The Morgan fingerprint density at radius 2 is 2.12 bits per heavy atom. The van der Waals surface area contributed by atoms with Crippen molar-refractivity contribution in [3.63, 3.8) is 0 Å². The average molecular weight is 259 g/mol. The number of hydroxylamine groups is 1. The van der Waals surface area contributed by atoms with Crippen LogP contribution in [0.5, 0.6) is 0 Å². The number of hydrogen-bond donors (Lipinski definition) is 2. The van der Waals surface area contributed by atoms with Crippen LogP contribution in [-0.2, 0) is 21.2 Å². The number of hydrogen-bond acceptors (Lipinski definition) is 4. The first-order valence-electron chi connectivity index (χ1n) is 4.71. The second kappa shape index (κ2) is 6.01. The van der Waals surface area contributed by atoms with Crippen molar-refractivity contribution in [3.05, 3.63) is 42.8 Å². The van der Waals surface area contributed by atoms with Crippen LogP contribution in [0.3, 0.4) is 0 Å². The zero-order valence-electron chi connectivity index (χ0n) is 8.92. The normalized spacial score (nSPS) is 13.9. The first-order chi connectivity index (χ1) is 7.56. The molecule has 0 aromatic heterocycles. The lowest BCUT2D eigenvalue weighted by molar-refractivity contribution is 0.0477. The summed E-state index contributed by atoms with van der Waals surface area (Å²) in [7, 11) is 0. The molecule has 16 heavy (non-hydrogen) atoms. The van der Waals surface area contributed by atoms with E-state index in [-0.39, 0.29) is 5.88 Å². The molecule has 88 valence electrons. The van der Waals surface area contributed by atoms with Crippen LogP contribution in [-0.4, -0.2) is 11.5 Å². The quantitative estimate of drug-likeness (QED) is 0.462. The second-order valence-corrected chi connectivity index (χ2v) is 6.13. The SMILES string of the molecule is C=C(NOCC)OP(O)(=S)c1ccccc1. The smallest absolute Gasteiger partial charge is 0.267 e. The first-order valence-corrected chi connectivity index (χ1v) is 7.38. The Morgan fingerprint density at radius 3 is 2.69 bits per heavy atom. The minimum Gasteiger partial charge on any atom is -0.423 e. The molecular weight excluding hydrogens is 245 g/mol. The van der Waals surface area contributed by atoms with Gasteiger partial charge in [-0.05, 0) is 37.4 Å². The van der Waals surface area contributed by atoms with Gasteiger partial charge in [0, 0.05) is 5.30 Å². The lowest BCUT2D eigenvalue weighted by Crippen LogP contribution is -2.16. The summed E-state index contributed by atoms with van der Waals surface area (Å²) < 4.78 is 5.18. The Kier molecular flexibility index (Phi) is 4.96. The second-order valence-electron chi connectivity index (χ2n) is 2.91. The third-order valence-electron chi connectivity index (χ3n) is 1.65. The molecule has 0 saturated carbocycles. The number of benzene rings is 1. The first kappa shape index (κ1) is 13.2. The summed E-state index contributed by atoms with van der Waals surface area (Å²) >= 11 is 5.02. The van der Waals surface area contributed by atoms with Gasteiger partial charge >= 0.3 is 0 Å². The maximum Gasteiger partial charge on any atom is 0.267 e. The Balaban J connectivity index is 2.66. The molecule has 0 saturated heterocycles. The summed E-state index contributed by atoms with van der Waals surface area (Å²) in [6.45, 7) is 2.77. The monoisotopic (exact) mass is 259 g/mol. The van der Waals surface area contributed by atoms with Gasteiger partial charge in [0.15, 0.2) is 0 Å². The molecule has 0 aliphatic heterocycles.